The van der Waals surface area contributed by atoms with Gasteiger partial charge in [-0.15, -0.1) is 0 Å². The predicted molar refractivity (Wildman–Crippen MR) is 111 cm³/mol. The SMILES string of the molecule is COc1ccc(C2=NNC(c3ccc(C)cc3)=Nc3ccc(Cl)cc32)cc1. The van der Waals surface area contributed by atoms with Crippen molar-refractivity contribution in [2.75, 3.05) is 7.11 Å². The number of hydrazone groups is 1. The summed E-state index contributed by atoms with van der Waals surface area (Å²) < 4.78 is 5.26. The zero-order chi connectivity index (χ0) is 18.8. The van der Waals surface area contributed by atoms with Crippen molar-refractivity contribution in [1.82, 2.24) is 5.43 Å². The molecule has 5 heteroatoms. The normalized spacial score (nSPS) is 13.0. The number of hydrogen-bond acceptors (Lipinski definition) is 4. The first-order valence-electron chi connectivity index (χ1n) is 8.58. The molecule has 1 aliphatic heterocycles. The van der Waals surface area contributed by atoms with Crippen LogP contribution in [-0.2, 0) is 0 Å². The maximum absolute atomic E-state index is 6.26. The lowest BCUT2D eigenvalue weighted by Crippen LogP contribution is -2.19. The molecule has 134 valence electrons. The van der Waals surface area contributed by atoms with E-state index in [1.165, 1.54) is 5.56 Å². The number of ether oxygens (including phenoxy) is 1. The summed E-state index contributed by atoms with van der Waals surface area (Å²) in [5.74, 6) is 1.49. The van der Waals surface area contributed by atoms with Crippen molar-refractivity contribution in [1.29, 1.82) is 0 Å². The number of hydrogen-bond donors (Lipinski definition) is 1. The van der Waals surface area contributed by atoms with Gasteiger partial charge in [0, 0.05) is 21.7 Å². The van der Waals surface area contributed by atoms with E-state index < -0.39 is 0 Å². The van der Waals surface area contributed by atoms with Crippen molar-refractivity contribution in [3.8, 4) is 5.75 Å². The van der Waals surface area contributed by atoms with Gasteiger partial charge in [-0.25, -0.2) is 4.99 Å². The number of fused-ring (bicyclic) bond motifs is 1. The van der Waals surface area contributed by atoms with Gasteiger partial charge in [0.1, 0.15) is 11.5 Å². The molecule has 3 aromatic carbocycles. The average molecular weight is 376 g/mol. The standard InChI is InChI=1S/C22H18ClN3O/c1-14-3-5-16(6-4-14)22-24-20-12-9-17(23)13-19(20)21(25-26-22)15-7-10-18(27-2)11-8-15/h3-13H,1-2H3,(H,24,26). The van der Waals surface area contributed by atoms with Crippen molar-refractivity contribution >= 4 is 28.8 Å². The van der Waals surface area contributed by atoms with E-state index in [2.05, 4.69) is 29.6 Å². The zero-order valence-electron chi connectivity index (χ0n) is 15.0. The molecule has 0 fully saturated rings. The van der Waals surface area contributed by atoms with Crippen molar-refractivity contribution < 1.29 is 4.74 Å². The maximum atomic E-state index is 6.26. The van der Waals surface area contributed by atoms with Gasteiger partial charge in [-0.1, -0.05) is 41.4 Å². The van der Waals surface area contributed by atoms with Gasteiger partial charge in [-0.05, 0) is 49.4 Å². The largest absolute Gasteiger partial charge is 0.497 e. The summed E-state index contributed by atoms with van der Waals surface area (Å²) in [6, 6.07) is 21.6. The summed E-state index contributed by atoms with van der Waals surface area (Å²) >= 11 is 6.26. The second-order valence-corrected chi connectivity index (χ2v) is 6.73. The molecule has 0 spiro atoms. The van der Waals surface area contributed by atoms with Crippen LogP contribution in [0.3, 0.4) is 0 Å². The van der Waals surface area contributed by atoms with E-state index in [9.17, 15) is 0 Å². The molecule has 0 saturated carbocycles. The summed E-state index contributed by atoms with van der Waals surface area (Å²) in [7, 11) is 1.65. The lowest BCUT2D eigenvalue weighted by Gasteiger charge is -2.09. The molecule has 1 heterocycles. The average Bonchev–Trinajstić information content (AvgIpc) is 2.88. The van der Waals surface area contributed by atoms with E-state index in [0.717, 1.165) is 33.8 Å². The van der Waals surface area contributed by atoms with Crippen molar-refractivity contribution in [2.45, 2.75) is 6.92 Å². The van der Waals surface area contributed by atoms with Gasteiger partial charge in [-0.3, -0.25) is 5.43 Å². The van der Waals surface area contributed by atoms with Gasteiger partial charge in [0.15, 0.2) is 5.84 Å². The Morgan fingerprint density at radius 2 is 1.59 bits per heavy atom. The van der Waals surface area contributed by atoms with Crippen molar-refractivity contribution in [2.24, 2.45) is 10.1 Å². The van der Waals surface area contributed by atoms with Crippen LogP contribution in [0.25, 0.3) is 0 Å². The van der Waals surface area contributed by atoms with Crippen LogP contribution in [-0.4, -0.2) is 18.7 Å². The molecule has 27 heavy (non-hydrogen) atoms. The second kappa shape index (κ2) is 7.25. The predicted octanol–water partition coefficient (Wildman–Crippen LogP) is 5.09. The summed E-state index contributed by atoms with van der Waals surface area (Å²) in [5.41, 5.74) is 8.72. The number of nitrogens with zero attached hydrogens (tertiary/aromatic N) is 2. The third-order valence-corrected chi connectivity index (χ3v) is 4.64. The highest BCUT2D eigenvalue weighted by atomic mass is 35.5. The second-order valence-electron chi connectivity index (χ2n) is 6.29. The minimum absolute atomic E-state index is 0.643. The van der Waals surface area contributed by atoms with Crippen LogP contribution >= 0.6 is 11.6 Å². The zero-order valence-corrected chi connectivity index (χ0v) is 15.8. The molecule has 1 N–H and O–H groups in total. The van der Waals surface area contributed by atoms with Gasteiger partial charge < -0.3 is 4.74 Å². The molecule has 0 amide bonds. The van der Waals surface area contributed by atoms with Crippen LogP contribution in [0.5, 0.6) is 5.75 Å². The third kappa shape index (κ3) is 3.57. The van der Waals surface area contributed by atoms with E-state index in [1.807, 2.05) is 54.6 Å². The first kappa shape index (κ1) is 17.3. The van der Waals surface area contributed by atoms with Crippen LogP contribution in [0.4, 0.5) is 5.69 Å². The fourth-order valence-electron chi connectivity index (χ4n) is 2.92. The molecule has 1 aliphatic rings. The Bertz CT molecular complexity index is 1040. The highest BCUT2D eigenvalue weighted by Gasteiger charge is 2.17. The topological polar surface area (TPSA) is 46.0 Å². The van der Waals surface area contributed by atoms with Crippen molar-refractivity contribution in [3.63, 3.8) is 0 Å². The molecule has 4 rings (SSSR count). The summed E-state index contributed by atoms with van der Waals surface area (Å²) in [4.78, 5) is 4.80. The van der Waals surface area contributed by atoms with Gasteiger partial charge in [0.05, 0.1) is 12.8 Å². The molecule has 0 saturated heterocycles. The van der Waals surface area contributed by atoms with Gasteiger partial charge in [-0.2, -0.15) is 5.10 Å². The van der Waals surface area contributed by atoms with Gasteiger partial charge in [0.25, 0.3) is 0 Å². The number of benzene rings is 3. The fraction of sp³-hybridized carbons (Fsp3) is 0.0909. The first-order chi connectivity index (χ1) is 13.1. The lowest BCUT2D eigenvalue weighted by atomic mass is 10.0. The number of rotatable bonds is 3. The van der Waals surface area contributed by atoms with E-state index in [4.69, 9.17) is 21.3 Å². The number of aliphatic imine (C=N–C) groups is 1. The maximum Gasteiger partial charge on any atom is 0.154 e. The number of halogens is 1. The Morgan fingerprint density at radius 1 is 0.889 bits per heavy atom. The Kier molecular flexibility index (Phi) is 4.65. The summed E-state index contributed by atoms with van der Waals surface area (Å²) in [6.07, 6.45) is 0. The van der Waals surface area contributed by atoms with E-state index in [0.29, 0.717) is 10.9 Å². The molecule has 0 unspecified atom stereocenters. The Balaban J connectivity index is 1.83. The molecular formula is C22H18ClN3O. The monoisotopic (exact) mass is 375 g/mol. The highest BCUT2D eigenvalue weighted by molar-refractivity contribution is 6.31. The number of amidine groups is 1. The molecule has 4 nitrogen and oxygen atoms in total. The molecule has 3 aromatic rings. The molecule has 0 bridgehead atoms. The highest BCUT2D eigenvalue weighted by Crippen LogP contribution is 2.29. The molecule has 0 aliphatic carbocycles. The van der Waals surface area contributed by atoms with E-state index >= 15 is 0 Å². The Hall–Kier alpha value is -3.11. The number of methoxy groups -OCH3 is 1. The minimum atomic E-state index is 0.643. The Morgan fingerprint density at radius 3 is 2.30 bits per heavy atom. The number of nitrogens with one attached hydrogen (secondary N) is 1. The fourth-order valence-corrected chi connectivity index (χ4v) is 3.09. The summed E-state index contributed by atoms with van der Waals surface area (Å²) in [5, 5.41) is 5.29. The molecular weight excluding hydrogens is 358 g/mol. The van der Waals surface area contributed by atoms with Gasteiger partial charge >= 0.3 is 0 Å². The smallest absolute Gasteiger partial charge is 0.154 e. The van der Waals surface area contributed by atoms with E-state index in [1.54, 1.807) is 7.11 Å². The van der Waals surface area contributed by atoms with Crippen LogP contribution in [0.1, 0.15) is 22.3 Å². The van der Waals surface area contributed by atoms with Crippen LogP contribution in [0, 0.1) is 6.92 Å². The Labute approximate surface area is 163 Å². The van der Waals surface area contributed by atoms with Crippen molar-refractivity contribution in [3.05, 3.63) is 94.0 Å². The summed E-state index contributed by atoms with van der Waals surface area (Å²) in [6.45, 7) is 2.06. The van der Waals surface area contributed by atoms with Crippen LogP contribution < -0.4 is 10.2 Å². The van der Waals surface area contributed by atoms with Gasteiger partial charge in [0.2, 0.25) is 0 Å². The molecule has 0 radical (unpaired) electrons. The van der Waals surface area contributed by atoms with Crippen LogP contribution in [0.2, 0.25) is 5.02 Å². The minimum Gasteiger partial charge on any atom is -0.497 e. The lowest BCUT2D eigenvalue weighted by molar-refractivity contribution is 0.415. The van der Waals surface area contributed by atoms with Crippen LogP contribution in [0.15, 0.2) is 76.8 Å². The van der Waals surface area contributed by atoms with E-state index in [-0.39, 0.29) is 0 Å². The molecule has 0 aromatic heterocycles. The number of aryl methyl sites for hydroxylation is 1. The molecule has 0 atom stereocenters. The first-order valence-corrected chi connectivity index (χ1v) is 8.95. The third-order valence-electron chi connectivity index (χ3n) is 4.41. The quantitative estimate of drug-likeness (QED) is 0.693.